The molecule has 1 atom stereocenters. The molecule has 0 radical (unpaired) electrons. The Hall–Kier alpha value is -1.55. The molecule has 15 heavy (non-hydrogen) atoms. The summed E-state index contributed by atoms with van der Waals surface area (Å²) in [6, 6.07) is 4.07. The van der Waals surface area contributed by atoms with Crippen molar-refractivity contribution in [1.82, 2.24) is 15.3 Å². The van der Waals surface area contributed by atoms with Gasteiger partial charge in [-0.25, -0.2) is 4.98 Å². The summed E-state index contributed by atoms with van der Waals surface area (Å²) < 4.78 is 5.30. The summed E-state index contributed by atoms with van der Waals surface area (Å²) in [7, 11) is 0. The zero-order valence-corrected chi connectivity index (χ0v) is 8.95. The molecule has 0 saturated carbocycles. The maximum absolute atomic E-state index is 5.30. The van der Waals surface area contributed by atoms with Gasteiger partial charge in [0.05, 0.1) is 24.3 Å². The number of aromatic nitrogens is 2. The van der Waals surface area contributed by atoms with Crippen LogP contribution in [0.4, 0.5) is 0 Å². The van der Waals surface area contributed by atoms with Crippen LogP contribution < -0.4 is 5.32 Å². The smallest absolute Gasteiger partial charge is 0.120 e. The molecule has 0 saturated heterocycles. The van der Waals surface area contributed by atoms with Crippen molar-refractivity contribution in [3.05, 3.63) is 41.9 Å². The van der Waals surface area contributed by atoms with Gasteiger partial charge in [0, 0.05) is 12.2 Å². The van der Waals surface area contributed by atoms with Crippen LogP contribution in [-0.4, -0.2) is 9.97 Å². The number of hydrogen-bond donors (Lipinski definition) is 2. The van der Waals surface area contributed by atoms with E-state index in [0.717, 1.165) is 23.7 Å². The standard InChI is InChI=1S/C11H15N3O/c1-8-10(14-7-13-8)6-12-9(2)11-4-3-5-15-11/h3-5,7,9,12H,6H2,1-2H3,(H,13,14). The first-order chi connectivity index (χ1) is 7.27. The summed E-state index contributed by atoms with van der Waals surface area (Å²) in [5.74, 6) is 0.947. The maximum atomic E-state index is 5.30. The van der Waals surface area contributed by atoms with E-state index in [1.807, 2.05) is 19.1 Å². The fourth-order valence-electron chi connectivity index (χ4n) is 1.45. The number of furan rings is 1. The topological polar surface area (TPSA) is 53.9 Å². The van der Waals surface area contributed by atoms with E-state index < -0.39 is 0 Å². The van der Waals surface area contributed by atoms with Crippen LogP contribution >= 0.6 is 0 Å². The van der Waals surface area contributed by atoms with Crippen LogP contribution in [0.25, 0.3) is 0 Å². The third-order valence-corrected chi connectivity index (χ3v) is 2.48. The van der Waals surface area contributed by atoms with Crippen LogP contribution in [0.5, 0.6) is 0 Å². The number of rotatable bonds is 4. The highest BCUT2D eigenvalue weighted by Crippen LogP contribution is 2.13. The number of H-pyrrole nitrogens is 1. The Labute approximate surface area is 88.7 Å². The Morgan fingerprint density at radius 1 is 1.60 bits per heavy atom. The number of aromatic amines is 1. The molecular weight excluding hydrogens is 190 g/mol. The van der Waals surface area contributed by atoms with Crippen LogP contribution in [0.2, 0.25) is 0 Å². The maximum Gasteiger partial charge on any atom is 0.120 e. The van der Waals surface area contributed by atoms with Crippen molar-refractivity contribution in [2.24, 2.45) is 0 Å². The molecule has 2 N–H and O–H groups in total. The Balaban J connectivity index is 1.91. The largest absolute Gasteiger partial charge is 0.468 e. The highest BCUT2D eigenvalue weighted by Gasteiger charge is 2.08. The number of nitrogens with zero attached hydrogens (tertiary/aromatic N) is 1. The molecular formula is C11H15N3O. The second kappa shape index (κ2) is 4.31. The molecule has 4 nitrogen and oxygen atoms in total. The first-order valence-electron chi connectivity index (χ1n) is 5.03. The minimum absolute atomic E-state index is 0.205. The van der Waals surface area contributed by atoms with Gasteiger partial charge in [-0.2, -0.15) is 0 Å². The third kappa shape index (κ3) is 2.27. The van der Waals surface area contributed by atoms with Crippen molar-refractivity contribution in [2.45, 2.75) is 26.4 Å². The quantitative estimate of drug-likeness (QED) is 0.804. The molecule has 1 unspecified atom stereocenters. The van der Waals surface area contributed by atoms with E-state index in [0.29, 0.717) is 0 Å². The lowest BCUT2D eigenvalue weighted by molar-refractivity contribution is 0.428. The number of nitrogens with one attached hydrogen (secondary N) is 2. The predicted molar refractivity (Wildman–Crippen MR) is 57.3 cm³/mol. The minimum atomic E-state index is 0.205. The Morgan fingerprint density at radius 2 is 2.47 bits per heavy atom. The fraction of sp³-hybridized carbons (Fsp3) is 0.364. The highest BCUT2D eigenvalue weighted by molar-refractivity contribution is 5.09. The molecule has 2 heterocycles. The fourth-order valence-corrected chi connectivity index (χ4v) is 1.45. The lowest BCUT2D eigenvalue weighted by atomic mass is 10.2. The molecule has 2 aromatic heterocycles. The summed E-state index contributed by atoms with van der Waals surface area (Å²) in [6.45, 7) is 4.83. The summed E-state index contributed by atoms with van der Waals surface area (Å²) in [5, 5.41) is 3.35. The molecule has 4 heteroatoms. The Morgan fingerprint density at radius 3 is 3.07 bits per heavy atom. The van der Waals surface area contributed by atoms with Crippen molar-refractivity contribution in [2.75, 3.05) is 0 Å². The normalized spacial score (nSPS) is 12.9. The molecule has 0 bridgehead atoms. The Bertz CT molecular complexity index is 405. The van der Waals surface area contributed by atoms with Gasteiger partial charge in [-0.15, -0.1) is 0 Å². The van der Waals surface area contributed by atoms with Crippen molar-refractivity contribution in [1.29, 1.82) is 0 Å². The molecule has 0 aliphatic carbocycles. The average Bonchev–Trinajstić information content (AvgIpc) is 2.85. The summed E-state index contributed by atoms with van der Waals surface area (Å²) in [5.41, 5.74) is 2.16. The first kappa shape index (κ1) is 9.98. The highest BCUT2D eigenvalue weighted by atomic mass is 16.3. The zero-order valence-electron chi connectivity index (χ0n) is 8.95. The average molecular weight is 205 g/mol. The molecule has 2 rings (SSSR count). The van der Waals surface area contributed by atoms with Gasteiger partial charge in [-0.3, -0.25) is 0 Å². The third-order valence-electron chi connectivity index (χ3n) is 2.48. The summed E-state index contributed by atoms with van der Waals surface area (Å²) >= 11 is 0. The van der Waals surface area contributed by atoms with Gasteiger partial charge >= 0.3 is 0 Å². The molecule has 0 amide bonds. The second-order valence-electron chi connectivity index (χ2n) is 3.59. The van der Waals surface area contributed by atoms with Gasteiger partial charge in [0.1, 0.15) is 5.76 Å². The molecule has 0 aliphatic rings. The van der Waals surface area contributed by atoms with Gasteiger partial charge < -0.3 is 14.7 Å². The van der Waals surface area contributed by atoms with E-state index in [1.165, 1.54) is 0 Å². The van der Waals surface area contributed by atoms with E-state index in [4.69, 9.17) is 4.42 Å². The van der Waals surface area contributed by atoms with Gasteiger partial charge in [0.15, 0.2) is 0 Å². The molecule has 0 fully saturated rings. The summed E-state index contributed by atoms with van der Waals surface area (Å²) in [6.07, 6.45) is 3.40. The number of imidazole rings is 1. The first-order valence-corrected chi connectivity index (χ1v) is 5.03. The van der Waals surface area contributed by atoms with Crippen molar-refractivity contribution in [3.8, 4) is 0 Å². The van der Waals surface area contributed by atoms with Gasteiger partial charge in [-0.1, -0.05) is 0 Å². The summed E-state index contributed by atoms with van der Waals surface area (Å²) in [4.78, 5) is 7.27. The van der Waals surface area contributed by atoms with Crippen LogP contribution in [0.1, 0.15) is 30.1 Å². The SMILES string of the molecule is Cc1[nH]cnc1CNC(C)c1ccco1. The zero-order chi connectivity index (χ0) is 10.7. The lowest BCUT2D eigenvalue weighted by Crippen LogP contribution is -2.18. The molecule has 0 spiro atoms. The van der Waals surface area contributed by atoms with Gasteiger partial charge in [0.2, 0.25) is 0 Å². The van der Waals surface area contributed by atoms with Crippen LogP contribution in [0.3, 0.4) is 0 Å². The number of aryl methyl sites for hydroxylation is 1. The Kier molecular flexibility index (Phi) is 2.87. The van der Waals surface area contributed by atoms with Gasteiger partial charge in [-0.05, 0) is 26.0 Å². The van der Waals surface area contributed by atoms with Crippen LogP contribution in [-0.2, 0) is 6.54 Å². The molecule has 2 aromatic rings. The van der Waals surface area contributed by atoms with Crippen LogP contribution in [0.15, 0.2) is 29.1 Å². The van der Waals surface area contributed by atoms with Gasteiger partial charge in [0.25, 0.3) is 0 Å². The lowest BCUT2D eigenvalue weighted by Gasteiger charge is -2.10. The predicted octanol–water partition coefficient (Wildman–Crippen LogP) is 2.16. The van der Waals surface area contributed by atoms with Crippen molar-refractivity contribution >= 4 is 0 Å². The van der Waals surface area contributed by atoms with Crippen molar-refractivity contribution in [3.63, 3.8) is 0 Å². The van der Waals surface area contributed by atoms with E-state index >= 15 is 0 Å². The van der Waals surface area contributed by atoms with E-state index in [9.17, 15) is 0 Å². The molecule has 0 aliphatic heterocycles. The van der Waals surface area contributed by atoms with E-state index in [1.54, 1.807) is 12.6 Å². The van der Waals surface area contributed by atoms with Crippen LogP contribution in [0, 0.1) is 6.92 Å². The minimum Gasteiger partial charge on any atom is -0.468 e. The second-order valence-corrected chi connectivity index (χ2v) is 3.59. The molecule has 80 valence electrons. The number of hydrogen-bond acceptors (Lipinski definition) is 3. The van der Waals surface area contributed by atoms with Crippen molar-refractivity contribution < 1.29 is 4.42 Å². The monoisotopic (exact) mass is 205 g/mol. The van der Waals surface area contributed by atoms with E-state index in [-0.39, 0.29) is 6.04 Å². The molecule has 0 aromatic carbocycles. The van der Waals surface area contributed by atoms with E-state index in [2.05, 4.69) is 22.2 Å².